The number of carbonyl (C=O) groups is 1. The number of hydrogen-bond acceptors (Lipinski definition) is 6. The van der Waals surface area contributed by atoms with Crippen molar-refractivity contribution in [3.8, 4) is 5.75 Å². The number of thioether (sulfide) groups is 1. The SMILES string of the molecule is COc1cn(CC(=O)NC(C)C)c(CSc2ncccn2)cc1=O. The lowest BCUT2D eigenvalue weighted by Gasteiger charge is -2.15. The van der Waals surface area contributed by atoms with Crippen LogP contribution in [-0.2, 0) is 17.1 Å². The van der Waals surface area contributed by atoms with Gasteiger partial charge < -0.3 is 14.6 Å². The molecule has 2 aromatic heterocycles. The van der Waals surface area contributed by atoms with Crippen molar-refractivity contribution < 1.29 is 9.53 Å². The van der Waals surface area contributed by atoms with E-state index in [9.17, 15) is 9.59 Å². The van der Waals surface area contributed by atoms with E-state index in [4.69, 9.17) is 4.74 Å². The highest BCUT2D eigenvalue weighted by Gasteiger charge is 2.12. The second-order valence-electron chi connectivity index (χ2n) is 5.37. The second kappa shape index (κ2) is 8.49. The fourth-order valence-electron chi connectivity index (χ4n) is 2.04. The monoisotopic (exact) mass is 348 g/mol. The van der Waals surface area contributed by atoms with Gasteiger partial charge in [-0.1, -0.05) is 11.8 Å². The zero-order valence-electron chi connectivity index (χ0n) is 13.9. The first-order chi connectivity index (χ1) is 11.5. The number of hydrogen-bond donors (Lipinski definition) is 1. The van der Waals surface area contributed by atoms with Crippen LogP contribution in [0.3, 0.4) is 0 Å². The minimum Gasteiger partial charge on any atom is -0.491 e. The average molecular weight is 348 g/mol. The molecule has 1 N–H and O–H groups in total. The molecule has 2 heterocycles. The van der Waals surface area contributed by atoms with Gasteiger partial charge in [-0.05, 0) is 19.9 Å². The molecule has 1 amide bonds. The molecule has 128 valence electrons. The number of pyridine rings is 1. The molecule has 24 heavy (non-hydrogen) atoms. The van der Waals surface area contributed by atoms with Crippen molar-refractivity contribution in [1.29, 1.82) is 0 Å². The molecule has 0 unspecified atom stereocenters. The van der Waals surface area contributed by atoms with E-state index in [2.05, 4.69) is 15.3 Å². The van der Waals surface area contributed by atoms with Crippen LogP contribution >= 0.6 is 11.8 Å². The Bertz CT molecular complexity index is 747. The molecule has 2 aromatic rings. The van der Waals surface area contributed by atoms with Gasteiger partial charge in [0.2, 0.25) is 11.3 Å². The summed E-state index contributed by atoms with van der Waals surface area (Å²) in [6.45, 7) is 3.90. The largest absolute Gasteiger partial charge is 0.491 e. The van der Waals surface area contributed by atoms with Gasteiger partial charge in [-0.15, -0.1) is 0 Å². The van der Waals surface area contributed by atoms with Crippen LogP contribution in [-0.4, -0.2) is 33.6 Å². The number of methoxy groups -OCH3 is 1. The Kier molecular flexibility index (Phi) is 6.36. The molecule has 0 atom stereocenters. The van der Waals surface area contributed by atoms with Gasteiger partial charge in [-0.2, -0.15) is 0 Å². The van der Waals surface area contributed by atoms with Crippen LogP contribution < -0.4 is 15.5 Å². The van der Waals surface area contributed by atoms with E-state index in [1.54, 1.807) is 29.2 Å². The van der Waals surface area contributed by atoms with Crippen molar-refractivity contribution in [3.05, 3.63) is 46.6 Å². The number of nitrogens with zero attached hydrogens (tertiary/aromatic N) is 3. The van der Waals surface area contributed by atoms with E-state index in [-0.39, 0.29) is 29.7 Å². The van der Waals surface area contributed by atoms with Gasteiger partial charge in [0.25, 0.3) is 0 Å². The first kappa shape index (κ1) is 18.0. The van der Waals surface area contributed by atoms with Gasteiger partial charge in [-0.3, -0.25) is 9.59 Å². The molecular formula is C16H20N4O3S. The molecule has 0 aliphatic carbocycles. The summed E-state index contributed by atoms with van der Waals surface area (Å²) in [5, 5.41) is 3.44. The average Bonchev–Trinajstić information content (AvgIpc) is 2.55. The highest BCUT2D eigenvalue weighted by atomic mass is 32.2. The smallest absolute Gasteiger partial charge is 0.240 e. The molecule has 0 aliphatic heterocycles. The molecule has 7 nitrogen and oxygen atoms in total. The molecule has 0 saturated heterocycles. The van der Waals surface area contributed by atoms with Gasteiger partial charge in [0, 0.05) is 35.9 Å². The maximum absolute atomic E-state index is 12.1. The zero-order chi connectivity index (χ0) is 17.5. The Morgan fingerprint density at radius 2 is 2.08 bits per heavy atom. The van der Waals surface area contributed by atoms with Crippen molar-refractivity contribution >= 4 is 17.7 Å². The fourth-order valence-corrected chi connectivity index (χ4v) is 2.84. The number of amides is 1. The molecule has 8 heteroatoms. The van der Waals surface area contributed by atoms with Crippen molar-refractivity contribution in [2.45, 2.75) is 37.3 Å². The Balaban J connectivity index is 2.22. The van der Waals surface area contributed by atoms with E-state index < -0.39 is 0 Å². The summed E-state index contributed by atoms with van der Waals surface area (Å²) < 4.78 is 6.79. The Morgan fingerprint density at radius 1 is 1.38 bits per heavy atom. The van der Waals surface area contributed by atoms with Gasteiger partial charge in [0.1, 0.15) is 6.54 Å². The molecule has 0 saturated carbocycles. The van der Waals surface area contributed by atoms with E-state index in [1.807, 2.05) is 13.8 Å². The summed E-state index contributed by atoms with van der Waals surface area (Å²) in [5.41, 5.74) is 0.486. The Labute approximate surface area is 144 Å². The molecule has 0 spiro atoms. The number of rotatable bonds is 7. The van der Waals surface area contributed by atoms with Crippen LogP contribution in [0.5, 0.6) is 5.75 Å². The van der Waals surface area contributed by atoms with E-state index in [0.717, 1.165) is 0 Å². The van der Waals surface area contributed by atoms with Crippen LogP contribution in [0.2, 0.25) is 0 Å². The van der Waals surface area contributed by atoms with Gasteiger partial charge >= 0.3 is 0 Å². The molecule has 0 aromatic carbocycles. The number of ether oxygens (including phenoxy) is 1. The lowest BCUT2D eigenvalue weighted by molar-refractivity contribution is -0.122. The summed E-state index contributed by atoms with van der Waals surface area (Å²) in [4.78, 5) is 32.4. The van der Waals surface area contributed by atoms with Crippen molar-refractivity contribution in [2.24, 2.45) is 0 Å². The van der Waals surface area contributed by atoms with Crippen LogP contribution in [0.1, 0.15) is 19.5 Å². The highest BCUT2D eigenvalue weighted by molar-refractivity contribution is 7.98. The fraction of sp³-hybridized carbons (Fsp3) is 0.375. The third-order valence-electron chi connectivity index (χ3n) is 3.06. The summed E-state index contributed by atoms with van der Waals surface area (Å²) >= 11 is 1.40. The molecule has 0 bridgehead atoms. The first-order valence-electron chi connectivity index (χ1n) is 7.46. The quantitative estimate of drug-likeness (QED) is 0.602. The third kappa shape index (κ3) is 5.09. The lowest BCUT2D eigenvalue weighted by Crippen LogP contribution is -2.34. The minimum absolute atomic E-state index is 0.0503. The number of aromatic nitrogens is 3. The van der Waals surface area contributed by atoms with Crippen molar-refractivity contribution in [3.63, 3.8) is 0 Å². The predicted molar refractivity (Wildman–Crippen MR) is 92.1 cm³/mol. The topological polar surface area (TPSA) is 86.1 Å². The standard InChI is InChI=1S/C16H20N4O3S/c1-11(2)19-15(22)9-20-8-14(23-3)13(21)7-12(20)10-24-16-17-5-4-6-18-16/h4-8,11H,9-10H2,1-3H3,(H,19,22). The van der Waals surface area contributed by atoms with Crippen LogP contribution in [0.4, 0.5) is 0 Å². The number of carbonyl (C=O) groups excluding carboxylic acids is 1. The molecular weight excluding hydrogens is 328 g/mol. The maximum atomic E-state index is 12.1. The van der Waals surface area contributed by atoms with Crippen molar-refractivity contribution in [2.75, 3.05) is 7.11 Å². The first-order valence-corrected chi connectivity index (χ1v) is 8.44. The summed E-state index contributed by atoms with van der Waals surface area (Å²) in [7, 11) is 1.43. The third-order valence-corrected chi connectivity index (χ3v) is 3.97. The summed E-state index contributed by atoms with van der Waals surface area (Å²) in [6, 6.07) is 3.27. The number of nitrogens with one attached hydrogen (secondary N) is 1. The zero-order valence-corrected chi connectivity index (χ0v) is 14.7. The summed E-state index contributed by atoms with van der Waals surface area (Å²) in [6.07, 6.45) is 4.88. The lowest BCUT2D eigenvalue weighted by atomic mass is 10.3. The van der Waals surface area contributed by atoms with Gasteiger partial charge in [0.05, 0.1) is 13.3 Å². The Morgan fingerprint density at radius 3 is 2.71 bits per heavy atom. The van der Waals surface area contributed by atoms with E-state index in [1.165, 1.54) is 24.9 Å². The van der Waals surface area contributed by atoms with E-state index in [0.29, 0.717) is 16.6 Å². The minimum atomic E-state index is -0.220. The van der Waals surface area contributed by atoms with E-state index >= 15 is 0 Å². The molecule has 0 radical (unpaired) electrons. The van der Waals surface area contributed by atoms with Crippen LogP contribution in [0.25, 0.3) is 0 Å². The van der Waals surface area contributed by atoms with Crippen LogP contribution in [0, 0.1) is 0 Å². The van der Waals surface area contributed by atoms with Crippen molar-refractivity contribution in [1.82, 2.24) is 19.9 Å². The molecule has 2 rings (SSSR count). The Hall–Kier alpha value is -2.35. The maximum Gasteiger partial charge on any atom is 0.240 e. The highest BCUT2D eigenvalue weighted by Crippen LogP contribution is 2.19. The second-order valence-corrected chi connectivity index (χ2v) is 6.31. The van der Waals surface area contributed by atoms with Crippen LogP contribution in [0.15, 0.2) is 40.7 Å². The predicted octanol–water partition coefficient (Wildman–Crippen LogP) is 1.46. The molecule has 0 fully saturated rings. The normalized spacial score (nSPS) is 10.7. The van der Waals surface area contributed by atoms with Gasteiger partial charge in [0.15, 0.2) is 10.9 Å². The molecule has 0 aliphatic rings. The summed E-state index contributed by atoms with van der Waals surface area (Å²) in [5.74, 6) is 0.549. The van der Waals surface area contributed by atoms with Gasteiger partial charge in [-0.25, -0.2) is 9.97 Å².